The van der Waals surface area contributed by atoms with Crippen molar-refractivity contribution in [3.8, 4) is 0 Å². The molecule has 2 aliphatic rings. The third-order valence-corrected chi connectivity index (χ3v) is 8.43. The molecule has 12 nitrogen and oxygen atoms in total. The Bertz CT molecular complexity index is 718. The SMILES string of the molecule is CCCCCCCCCCCCCCCCCC(=O)N[C@H]1C(O)O[C@H](CO)[C@@H](O[C@@H]2O[C@H](CO)[C@@H](O)[C@H](O)[C@H]2N)[C@@H]1O. The molecule has 42 heavy (non-hydrogen) atoms. The molecule has 9 N–H and O–H groups in total. The number of ether oxygens (including phenoxy) is 3. The number of carbonyl (C=O) groups is 1. The number of aliphatic hydroxyl groups is 6. The van der Waals surface area contributed by atoms with E-state index < -0.39 is 74.5 Å². The molecule has 2 heterocycles. The zero-order valence-electron chi connectivity index (χ0n) is 25.4. The number of rotatable bonds is 21. The van der Waals surface area contributed by atoms with E-state index in [2.05, 4.69) is 12.2 Å². The van der Waals surface area contributed by atoms with E-state index in [0.29, 0.717) is 6.42 Å². The van der Waals surface area contributed by atoms with Crippen LogP contribution in [0.5, 0.6) is 0 Å². The molecule has 2 saturated heterocycles. The van der Waals surface area contributed by atoms with Crippen LogP contribution in [0.15, 0.2) is 0 Å². The number of aliphatic hydroxyl groups excluding tert-OH is 6. The Morgan fingerprint density at radius 3 is 1.71 bits per heavy atom. The van der Waals surface area contributed by atoms with Gasteiger partial charge < -0.3 is 55.9 Å². The average Bonchev–Trinajstić information content (AvgIpc) is 2.98. The summed E-state index contributed by atoms with van der Waals surface area (Å²) in [7, 11) is 0. The smallest absolute Gasteiger partial charge is 0.220 e. The Labute approximate surface area is 250 Å². The van der Waals surface area contributed by atoms with Crippen LogP contribution in [0.3, 0.4) is 0 Å². The lowest BCUT2D eigenvalue weighted by Gasteiger charge is -2.46. The fourth-order valence-corrected chi connectivity index (χ4v) is 5.70. The Hall–Kier alpha value is -0.930. The molecule has 2 fully saturated rings. The molecule has 0 aromatic carbocycles. The molecule has 0 aromatic rings. The van der Waals surface area contributed by atoms with Crippen LogP contribution in [0.25, 0.3) is 0 Å². The zero-order chi connectivity index (χ0) is 30.9. The molecule has 0 aromatic heterocycles. The summed E-state index contributed by atoms with van der Waals surface area (Å²) in [5, 5.41) is 63.3. The summed E-state index contributed by atoms with van der Waals surface area (Å²) in [6.07, 6.45) is 7.43. The average molecular weight is 607 g/mol. The first kappa shape index (κ1) is 37.3. The molecule has 2 rings (SSSR count). The fraction of sp³-hybridized carbons (Fsp3) is 0.967. The minimum atomic E-state index is -1.60. The zero-order valence-corrected chi connectivity index (χ0v) is 25.4. The Balaban J connectivity index is 1.66. The van der Waals surface area contributed by atoms with Gasteiger partial charge in [0.15, 0.2) is 12.6 Å². The molecule has 0 spiro atoms. The first-order valence-corrected chi connectivity index (χ1v) is 16.2. The normalized spacial score (nSPS) is 33.5. The van der Waals surface area contributed by atoms with Crippen molar-refractivity contribution in [1.29, 1.82) is 0 Å². The number of unbranched alkanes of at least 4 members (excludes halogenated alkanes) is 14. The van der Waals surface area contributed by atoms with Gasteiger partial charge in [-0.1, -0.05) is 96.8 Å². The molecule has 0 bridgehead atoms. The van der Waals surface area contributed by atoms with E-state index in [1.54, 1.807) is 0 Å². The second-order valence-electron chi connectivity index (χ2n) is 11.9. The summed E-state index contributed by atoms with van der Waals surface area (Å²) in [5.41, 5.74) is 5.92. The summed E-state index contributed by atoms with van der Waals surface area (Å²) in [5.74, 6) is -0.359. The van der Waals surface area contributed by atoms with Gasteiger partial charge in [-0.3, -0.25) is 4.79 Å². The van der Waals surface area contributed by atoms with Crippen LogP contribution in [0, 0.1) is 0 Å². The first-order chi connectivity index (χ1) is 20.2. The summed E-state index contributed by atoms with van der Waals surface area (Å²) in [6.45, 7) is 0.998. The van der Waals surface area contributed by atoms with Gasteiger partial charge >= 0.3 is 0 Å². The van der Waals surface area contributed by atoms with Gasteiger partial charge in [-0.2, -0.15) is 0 Å². The van der Waals surface area contributed by atoms with Crippen molar-refractivity contribution in [2.45, 2.75) is 171 Å². The third-order valence-electron chi connectivity index (χ3n) is 8.43. The van der Waals surface area contributed by atoms with Crippen molar-refractivity contribution in [1.82, 2.24) is 5.32 Å². The van der Waals surface area contributed by atoms with E-state index >= 15 is 0 Å². The maximum absolute atomic E-state index is 12.6. The maximum Gasteiger partial charge on any atom is 0.220 e. The third kappa shape index (κ3) is 12.2. The largest absolute Gasteiger partial charge is 0.394 e. The number of amides is 1. The van der Waals surface area contributed by atoms with Gasteiger partial charge in [0.1, 0.15) is 42.7 Å². The van der Waals surface area contributed by atoms with Crippen LogP contribution in [-0.2, 0) is 19.0 Å². The van der Waals surface area contributed by atoms with Gasteiger partial charge in [0, 0.05) is 6.42 Å². The van der Waals surface area contributed by atoms with Crippen molar-refractivity contribution >= 4 is 5.91 Å². The summed E-state index contributed by atoms with van der Waals surface area (Å²) >= 11 is 0. The Kier molecular flexibility index (Phi) is 18.6. The number of carbonyl (C=O) groups excluding carboxylic acids is 1. The topological polar surface area (TPSA) is 204 Å². The lowest BCUT2D eigenvalue weighted by Crippen LogP contribution is -2.68. The quantitative estimate of drug-likeness (QED) is 0.0864. The van der Waals surface area contributed by atoms with Crippen LogP contribution in [-0.4, -0.2) is 111 Å². The van der Waals surface area contributed by atoms with Crippen LogP contribution < -0.4 is 11.1 Å². The molecular weight excluding hydrogens is 548 g/mol. The summed E-state index contributed by atoms with van der Waals surface area (Å²) < 4.78 is 16.6. The second kappa shape index (κ2) is 20.9. The monoisotopic (exact) mass is 606 g/mol. The van der Waals surface area contributed by atoms with E-state index in [4.69, 9.17) is 19.9 Å². The molecule has 1 unspecified atom stereocenters. The molecule has 0 saturated carbocycles. The van der Waals surface area contributed by atoms with Crippen molar-refractivity contribution in [2.24, 2.45) is 5.73 Å². The van der Waals surface area contributed by atoms with E-state index in [9.17, 15) is 35.4 Å². The number of nitrogens with two attached hydrogens (primary N) is 1. The van der Waals surface area contributed by atoms with Gasteiger partial charge in [0.25, 0.3) is 0 Å². The number of hydrogen-bond acceptors (Lipinski definition) is 11. The van der Waals surface area contributed by atoms with Gasteiger partial charge in [0.2, 0.25) is 5.91 Å². The van der Waals surface area contributed by atoms with Gasteiger partial charge in [-0.05, 0) is 6.42 Å². The number of nitrogens with one attached hydrogen (secondary N) is 1. The van der Waals surface area contributed by atoms with Crippen LogP contribution in [0.4, 0.5) is 0 Å². The molecule has 248 valence electrons. The summed E-state index contributed by atoms with van der Waals surface area (Å²) in [6, 6.07) is -2.48. The fourth-order valence-electron chi connectivity index (χ4n) is 5.70. The lowest BCUT2D eigenvalue weighted by molar-refractivity contribution is -0.325. The molecule has 10 atom stereocenters. The van der Waals surface area contributed by atoms with Crippen LogP contribution in [0.2, 0.25) is 0 Å². The van der Waals surface area contributed by atoms with Crippen molar-refractivity contribution < 1.29 is 49.6 Å². The van der Waals surface area contributed by atoms with Crippen LogP contribution in [0.1, 0.15) is 110 Å². The summed E-state index contributed by atoms with van der Waals surface area (Å²) in [4.78, 5) is 12.6. The van der Waals surface area contributed by atoms with Crippen molar-refractivity contribution in [3.63, 3.8) is 0 Å². The second-order valence-corrected chi connectivity index (χ2v) is 11.9. The molecule has 12 heteroatoms. The highest BCUT2D eigenvalue weighted by Gasteiger charge is 2.50. The van der Waals surface area contributed by atoms with Crippen molar-refractivity contribution in [2.75, 3.05) is 13.2 Å². The molecular formula is C30H58N2O10. The van der Waals surface area contributed by atoms with E-state index in [1.807, 2.05) is 0 Å². The highest BCUT2D eigenvalue weighted by Crippen LogP contribution is 2.28. The Morgan fingerprint density at radius 2 is 1.21 bits per heavy atom. The highest BCUT2D eigenvalue weighted by atomic mass is 16.7. The molecule has 0 aliphatic carbocycles. The maximum atomic E-state index is 12.6. The first-order valence-electron chi connectivity index (χ1n) is 16.2. The van der Waals surface area contributed by atoms with E-state index in [0.717, 1.165) is 19.3 Å². The van der Waals surface area contributed by atoms with E-state index in [-0.39, 0.29) is 12.3 Å². The van der Waals surface area contributed by atoms with Gasteiger partial charge in [-0.25, -0.2) is 0 Å². The predicted octanol–water partition coefficient (Wildman–Crippen LogP) is 0.955. The molecule has 1 amide bonds. The van der Waals surface area contributed by atoms with Gasteiger partial charge in [-0.15, -0.1) is 0 Å². The molecule has 0 radical (unpaired) electrons. The predicted molar refractivity (Wildman–Crippen MR) is 156 cm³/mol. The minimum Gasteiger partial charge on any atom is -0.394 e. The number of hydrogen-bond donors (Lipinski definition) is 8. The van der Waals surface area contributed by atoms with E-state index in [1.165, 1.54) is 70.6 Å². The highest BCUT2D eigenvalue weighted by molar-refractivity contribution is 5.76. The minimum absolute atomic E-state index is 0.224. The van der Waals surface area contributed by atoms with Crippen molar-refractivity contribution in [3.05, 3.63) is 0 Å². The standard InChI is InChI=1S/C30H58N2O10/c1-2-3-4-5-6-7-8-9-10-11-12-13-14-15-16-17-22(35)32-24-27(38)28(21(19-34)40-29(24)39)42-30-23(31)26(37)25(36)20(18-33)41-30/h20-21,23-30,33-34,36-39H,2-19,31H2,1H3,(H,32,35)/t20-,21-,23-,24-,25-,26-,27-,28-,29?,30+/m1/s1. The Morgan fingerprint density at radius 1 is 0.714 bits per heavy atom. The molecule has 2 aliphatic heterocycles. The lowest BCUT2D eigenvalue weighted by atomic mass is 9.95. The van der Waals surface area contributed by atoms with Crippen LogP contribution >= 0.6 is 0 Å². The van der Waals surface area contributed by atoms with Gasteiger partial charge in [0.05, 0.1) is 19.3 Å².